The number of amides is 1. The number of carbonyl (C=O) groups excluding carboxylic acids is 2. The lowest BCUT2D eigenvalue weighted by Crippen LogP contribution is -2.13. The van der Waals surface area contributed by atoms with E-state index >= 15 is 0 Å². The second-order valence-corrected chi connectivity index (χ2v) is 8.96. The van der Waals surface area contributed by atoms with E-state index in [1.807, 2.05) is 18.9 Å². The Morgan fingerprint density at radius 3 is 2.76 bits per heavy atom. The number of anilines is 1. The Balaban J connectivity index is 0.00000117. The van der Waals surface area contributed by atoms with Crippen LogP contribution in [0.4, 0.5) is 5.69 Å². The number of nitrogens with one attached hydrogen (secondary N) is 1. The zero-order valence-corrected chi connectivity index (χ0v) is 19.0. The maximum absolute atomic E-state index is 13.1. The number of benzene rings is 1. The molecule has 1 aromatic carbocycles. The summed E-state index contributed by atoms with van der Waals surface area (Å²) < 4.78 is 9.83. The fourth-order valence-electron chi connectivity index (χ4n) is 4.49. The lowest BCUT2D eigenvalue weighted by Gasteiger charge is -2.21. The third kappa shape index (κ3) is 4.50. The summed E-state index contributed by atoms with van der Waals surface area (Å²) in [5.74, 6) is 1.02. The number of nitrogens with zero attached hydrogens (tertiary/aromatic N) is 5. The van der Waals surface area contributed by atoms with E-state index in [0.717, 1.165) is 10.9 Å². The topological polar surface area (TPSA) is 103 Å². The van der Waals surface area contributed by atoms with E-state index in [4.69, 9.17) is 14.6 Å². The minimum atomic E-state index is -0.256. The average molecular weight is 461 g/mol. The standard InChI is InChI=1S/C24H26N6O2.CH2O/c31-24(19-13-26-29-10-4-9-25-23(19)29)27-21-11-17-14-30(18-5-2-1-3-6-18)28-20(17)12-22(21)32-15-16-7-8-16;1-2/h4,9-14,16,18H,1-3,5-8,15H2,(H,27,31);1H2. The van der Waals surface area contributed by atoms with Gasteiger partial charge in [0.25, 0.3) is 5.91 Å². The third-order valence-electron chi connectivity index (χ3n) is 6.52. The summed E-state index contributed by atoms with van der Waals surface area (Å²) in [5.41, 5.74) is 2.51. The average Bonchev–Trinajstić information content (AvgIpc) is 3.46. The SMILES string of the molecule is C=O.O=C(Nc1cc2cn(C3CCCCC3)nc2cc1OCC1CC1)c1cnn2cccnc12. The fourth-order valence-corrected chi connectivity index (χ4v) is 4.49. The first-order chi connectivity index (χ1) is 16.7. The molecule has 2 aliphatic carbocycles. The van der Waals surface area contributed by atoms with E-state index in [2.05, 4.69) is 26.3 Å². The van der Waals surface area contributed by atoms with Gasteiger partial charge < -0.3 is 14.8 Å². The van der Waals surface area contributed by atoms with Crippen LogP contribution in [0, 0.1) is 5.92 Å². The third-order valence-corrected chi connectivity index (χ3v) is 6.52. The minimum Gasteiger partial charge on any atom is -0.491 e. The van der Waals surface area contributed by atoms with Crippen molar-refractivity contribution in [2.75, 3.05) is 11.9 Å². The van der Waals surface area contributed by atoms with E-state index in [9.17, 15) is 4.79 Å². The van der Waals surface area contributed by atoms with E-state index in [-0.39, 0.29) is 5.91 Å². The Bertz CT molecular complexity index is 1300. The van der Waals surface area contributed by atoms with Crippen molar-refractivity contribution < 1.29 is 14.3 Å². The van der Waals surface area contributed by atoms with Crippen LogP contribution in [0.15, 0.2) is 43.0 Å². The summed E-state index contributed by atoms with van der Waals surface area (Å²) in [6, 6.07) is 6.17. The highest BCUT2D eigenvalue weighted by Gasteiger charge is 2.24. The predicted molar refractivity (Wildman–Crippen MR) is 128 cm³/mol. The highest BCUT2D eigenvalue weighted by atomic mass is 16.5. The van der Waals surface area contributed by atoms with Gasteiger partial charge in [0.05, 0.1) is 30.0 Å². The van der Waals surface area contributed by atoms with Crippen LogP contribution >= 0.6 is 0 Å². The van der Waals surface area contributed by atoms with Gasteiger partial charge in [0.2, 0.25) is 0 Å². The molecule has 176 valence electrons. The van der Waals surface area contributed by atoms with Crippen molar-refractivity contribution in [3.05, 3.63) is 48.5 Å². The van der Waals surface area contributed by atoms with Crippen LogP contribution in [0.5, 0.6) is 5.75 Å². The van der Waals surface area contributed by atoms with Crippen LogP contribution in [-0.2, 0) is 4.79 Å². The summed E-state index contributed by atoms with van der Waals surface area (Å²) >= 11 is 0. The Labute approximate surface area is 197 Å². The normalized spacial score (nSPS) is 16.2. The van der Waals surface area contributed by atoms with E-state index in [1.165, 1.54) is 44.9 Å². The van der Waals surface area contributed by atoms with Gasteiger partial charge >= 0.3 is 0 Å². The molecule has 9 heteroatoms. The van der Waals surface area contributed by atoms with Crippen LogP contribution < -0.4 is 10.1 Å². The van der Waals surface area contributed by atoms with Crippen LogP contribution in [0.3, 0.4) is 0 Å². The van der Waals surface area contributed by atoms with E-state index in [0.29, 0.717) is 41.2 Å². The number of hydrogen-bond acceptors (Lipinski definition) is 6. The zero-order valence-electron chi connectivity index (χ0n) is 19.0. The number of aromatic nitrogens is 5. The molecule has 4 aromatic rings. The molecule has 0 spiro atoms. The molecule has 9 nitrogen and oxygen atoms in total. The molecular weight excluding hydrogens is 432 g/mol. The second kappa shape index (κ2) is 9.62. The molecule has 0 unspecified atom stereocenters. The van der Waals surface area contributed by atoms with Gasteiger partial charge in [0, 0.05) is 30.0 Å². The molecule has 0 atom stereocenters. The molecule has 3 heterocycles. The molecular formula is C25H28N6O3. The lowest BCUT2D eigenvalue weighted by molar-refractivity contribution is -0.0980. The number of carbonyl (C=O) groups is 2. The van der Waals surface area contributed by atoms with Crippen LogP contribution in [0.2, 0.25) is 0 Å². The minimum absolute atomic E-state index is 0.256. The van der Waals surface area contributed by atoms with Crippen molar-refractivity contribution in [3.63, 3.8) is 0 Å². The smallest absolute Gasteiger partial charge is 0.261 e. The molecule has 2 aliphatic rings. The van der Waals surface area contributed by atoms with Crippen molar-refractivity contribution in [1.82, 2.24) is 24.4 Å². The molecule has 1 amide bonds. The highest BCUT2D eigenvalue weighted by Crippen LogP contribution is 2.36. The maximum atomic E-state index is 13.1. The lowest BCUT2D eigenvalue weighted by atomic mass is 9.96. The van der Waals surface area contributed by atoms with Gasteiger partial charge in [-0.05, 0) is 43.7 Å². The number of hydrogen-bond donors (Lipinski definition) is 1. The first-order valence-corrected chi connectivity index (χ1v) is 11.8. The van der Waals surface area contributed by atoms with Crippen molar-refractivity contribution in [2.45, 2.75) is 51.0 Å². The van der Waals surface area contributed by atoms with Crippen molar-refractivity contribution >= 4 is 34.9 Å². The van der Waals surface area contributed by atoms with E-state index in [1.54, 1.807) is 29.2 Å². The Morgan fingerprint density at radius 2 is 1.97 bits per heavy atom. The molecule has 0 aliphatic heterocycles. The monoisotopic (exact) mass is 460 g/mol. The highest BCUT2D eigenvalue weighted by molar-refractivity contribution is 6.09. The fraction of sp³-hybridized carbons (Fsp3) is 0.400. The van der Waals surface area contributed by atoms with Gasteiger partial charge in [0.15, 0.2) is 5.65 Å². The van der Waals surface area contributed by atoms with Crippen LogP contribution in [0.1, 0.15) is 61.3 Å². The van der Waals surface area contributed by atoms with Gasteiger partial charge in [-0.15, -0.1) is 0 Å². The quantitative estimate of drug-likeness (QED) is 0.456. The summed E-state index contributed by atoms with van der Waals surface area (Å²) in [6.45, 7) is 2.66. The van der Waals surface area contributed by atoms with Gasteiger partial charge in [-0.2, -0.15) is 10.2 Å². The van der Waals surface area contributed by atoms with Gasteiger partial charge in [-0.25, -0.2) is 9.50 Å². The van der Waals surface area contributed by atoms with Crippen molar-refractivity contribution in [2.24, 2.45) is 5.92 Å². The summed E-state index contributed by atoms with van der Waals surface area (Å²) in [4.78, 5) is 25.4. The first-order valence-electron chi connectivity index (χ1n) is 11.8. The summed E-state index contributed by atoms with van der Waals surface area (Å²) in [5, 5.41) is 13.1. The molecule has 2 fully saturated rings. The second-order valence-electron chi connectivity index (χ2n) is 8.96. The van der Waals surface area contributed by atoms with Gasteiger partial charge in [0.1, 0.15) is 18.1 Å². The Hall–Kier alpha value is -3.75. The summed E-state index contributed by atoms with van der Waals surface area (Å²) in [6.07, 6.45) is 15.6. The molecule has 6 rings (SSSR count). The molecule has 3 aromatic heterocycles. The van der Waals surface area contributed by atoms with Crippen molar-refractivity contribution in [1.29, 1.82) is 0 Å². The van der Waals surface area contributed by atoms with Crippen LogP contribution in [0.25, 0.3) is 16.6 Å². The number of ether oxygens (including phenoxy) is 1. The van der Waals surface area contributed by atoms with E-state index < -0.39 is 0 Å². The van der Waals surface area contributed by atoms with Crippen molar-refractivity contribution in [3.8, 4) is 5.75 Å². The predicted octanol–water partition coefficient (Wildman–Crippen LogP) is 4.44. The molecule has 1 N–H and O–H groups in total. The number of fused-ring (bicyclic) bond motifs is 2. The van der Waals surface area contributed by atoms with Gasteiger partial charge in [-0.1, -0.05) is 19.3 Å². The van der Waals surface area contributed by atoms with Gasteiger partial charge in [-0.3, -0.25) is 9.48 Å². The summed E-state index contributed by atoms with van der Waals surface area (Å²) in [7, 11) is 0. The molecule has 0 saturated heterocycles. The van der Waals surface area contributed by atoms with Crippen LogP contribution in [-0.4, -0.2) is 43.7 Å². The Kier molecular flexibility index (Phi) is 6.24. The molecule has 0 bridgehead atoms. The maximum Gasteiger partial charge on any atom is 0.261 e. The largest absolute Gasteiger partial charge is 0.491 e. The molecule has 2 saturated carbocycles. The zero-order chi connectivity index (χ0) is 23.5. The molecule has 0 radical (unpaired) electrons. The molecule has 34 heavy (non-hydrogen) atoms. The first kappa shape index (κ1) is 22.1. The number of rotatable bonds is 6. The Morgan fingerprint density at radius 1 is 1.15 bits per heavy atom.